The molecular weight excluding hydrogens is 421 g/mol. The van der Waals surface area contributed by atoms with Crippen molar-refractivity contribution in [3.8, 4) is 11.1 Å². The monoisotopic (exact) mass is 445 g/mol. The first-order valence-corrected chi connectivity index (χ1v) is 11.0. The standard InChI is InChI=1S/C26H24FN3O3/c27-20-10-8-18(9-11-20)17-4-6-19(7-5-17)26-22-14-29(15-25(33)30(22)23(26)16-31)24(32)13-21-3-1-2-12-28-21/h1-12,22-23,26,31H,13-16H2/t22-,23-,26-/m1/s1. The Kier molecular flexibility index (Phi) is 5.64. The summed E-state index contributed by atoms with van der Waals surface area (Å²) in [4.78, 5) is 33.2. The van der Waals surface area contributed by atoms with Gasteiger partial charge in [-0.15, -0.1) is 0 Å². The van der Waals surface area contributed by atoms with Gasteiger partial charge in [-0.3, -0.25) is 14.6 Å². The molecule has 2 aliphatic rings. The average molecular weight is 445 g/mol. The summed E-state index contributed by atoms with van der Waals surface area (Å²) in [5.74, 6) is -0.607. The summed E-state index contributed by atoms with van der Waals surface area (Å²) in [6.07, 6.45) is 1.80. The number of carbonyl (C=O) groups excluding carboxylic acids is 2. The van der Waals surface area contributed by atoms with E-state index in [4.69, 9.17) is 0 Å². The molecule has 2 fully saturated rings. The fourth-order valence-electron chi connectivity index (χ4n) is 5.00. The Morgan fingerprint density at radius 1 is 1.03 bits per heavy atom. The lowest BCUT2D eigenvalue weighted by Crippen LogP contribution is -2.73. The summed E-state index contributed by atoms with van der Waals surface area (Å²) in [5.41, 5.74) is 3.55. The molecular formula is C26H24FN3O3. The van der Waals surface area contributed by atoms with Gasteiger partial charge >= 0.3 is 0 Å². The maximum absolute atomic E-state index is 13.2. The first-order valence-electron chi connectivity index (χ1n) is 11.0. The third-order valence-electron chi connectivity index (χ3n) is 6.64. The van der Waals surface area contributed by atoms with Gasteiger partial charge in [0.2, 0.25) is 11.8 Å². The topological polar surface area (TPSA) is 73.7 Å². The fourth-order valence-corrected chi connectivity index (χ4v) is 5.00. The van der Waals surface area contributed by atoms with Crippen LogP contribution in [0, 0.1) is 5.82 Å². The van der Waals surface area contributed by atoms with Gasteiger partial charge in [0, 0.05) is 24.4 Å². The molecule has 2 amide bonds. The van der Waals surface area contributed by atoms with Gasteiger partial charge in [-0.2, -0.15) is 0 Å². The zero-order valence-corrected chi connectivity index (χ0v) is 18.0. The molecule has 3 heterocycles. The molecule has 2 aromatic carbocycles. The van der Waals surface area contributed by atoms with Crippen molar-refractivity contribution in [1.29, 1.82) is 0 Å². The second-order valence-corrected chi connectivity index (χ2v) is 8.55. The molecule has 0 aliphatic carbocycles. The first-order chi connectivity index (χ1) is 16.0. The van der Waals surface area contributed by atoms with E-state index in [1.54, 1.807) is 40.3 Å². The highest BCUT2D eigenvalue weighted by Gasteiger charge is 2.54. The molecule has 0 saturated carbocycles. The maximum Gasteiger partial charge on any atom is 0.242 e. The molecule has 5 rings (SSSR count). The quantitative estimate of drug-likeness (QED) is 0.655. The van der Waals surface area contributed by atoms with Crippen LogP contribution in [-0.4, -0.2) is 63.5 Å². The molecule has 1 aromatic heterocycles. The number of pyridine rings is 1. The third kappa shape index (κ3) is 4.00. The molecule has 33 heavy (non-hydrogen) atoms. The summed E-state index contributed by atoms with van der Waals surface area (Å²) in [6.45, 7) is 0.321. The lowest BCUT2D eigenvalue weighted by molar-refractivity contribution is -0.166. The average Bonchev–Trinajstić information content (AvgIpc) is 2.82. The molecule has 1 N–H and O–H groups in total. The molecule has 0 bridgehead atoms. The molecule has 0 spiro atoms. The number of hydrogen-bond acceptors (Lipinski definition) is 4. The van der Waals surface area contributed by atoms with Gasteiger partial charge < -0.3 is 14.9 Å². The van der Waals surface area contributed by atoms with Crippen LogP contribution < -0.4 is 0 Å². The molecule has 2 saturated heterocycles. The Bertz CT molecular complexity index is 1150. The van der Waals surface area contributed by atoms with E-state index in [0.29, 0.717) is 12.2 Å². The fraction of sp³-hybridized carbons (Fsp3) is 0.269. The van der Waals surface area contributed by atoms with Crippen LogP contribution in [0.15, 0.2) is 72.9 Å². The second kappa shape index (κ2) is 8.75. The summed E-state index contributed by atoms with van der Waals surface area (Å²) in [7, 11) is 0. The van der Waals surface area contributed by atoms with Crippen molar-refractivity contribution in [1.82, 2.24) is 14.8 Å². The van der Waals surface area contributed by atoms with Gasteiger partial charge in [-0.25, -0.2) is 4.39 Å². The Morgan fingerprint density at radius 2 is 1.73 bits per heavy atom. The molecule has 7 heteroatoms. The van der Waals surface area contributed by atoms with E-state index in [1.165, 1.54) is 12.1 Å². The van der Waals surface area contributed by atoms with Crippen molar-refractivity contribution >= 4 is 11.8 Å². The van der Waals surface area contributed by atoms with Crippen LogP contribution in [0.1, 0.15) is 17.2 Å². The van der Waals surface area contributed by atoms with Gasteiger partial charge in [0.1, 0.15) is 5.82 Å². The molecule has 3 atom stereocenters. The number of aromatic nitrogens is 1. The van der Waals surface area contributed by atoms with Gasteiger partial charge in [0.05, 0.1) is 31.7 Å². The highest BCUT2D eigenvalue weighted by Crippen LogP contribution is 2.43. The van der Waals surface area contributed by atoms with Crippen molar-refractivity contribution in [3.63, 3.8) is 0 Å². The minimum absolute atomic E-state index is 0.0227. The summed E-state index contributed by atoms with van der Waals surface area (Å²) in [5, 5.41) is 9.98. The van der Waals surface area contributed by atoms with Crippen LogP contribution in [0.25, 0.3) is 11.1 Å². The van der Waals surface area contributed by atoms with E-state index < -0.39 is 0 Å². The molecule has 0 unspecified atom stereocenters. The molecule has 3 aromatic rings. The predicted octanol–water partition coefficient (Wildman–Crippen LogP) is 2.63. The maximum atomic E-state index is 13.2. The van der Waals surface area contributed by atoms with Crippen LogP contribution in [0.2, 0.25) is 0 Å². The van der Waals surface area contributed by atoms with Crippen molar-refractivity contribution in [3.05, 3.63) is 90.0 Å². The van der Waals surface area contributed by atoms with Crippen LogP contribution in [-0.2, 0) is 16.0 Å². The summed E-state index contributed by atoms with van der Waals surface area (Å²) < 4.78 is 13.2. The number of amides is 2. The summed E-state index contributed by atoms with van der Waals surface area (Å²) >= 11 is 0. The lowest BCUT2D eigenvalue weighted by Gasteiger charge is -2.58. The summed E-state index contributed by atoms with van der Waals surface area (Å²) in [6, 6.07) is 19.2. The van der Waals surface area contributed by atoms with Crippen LogP contribution in [0.5, 0.6) is 0 Å². The number of piperazine rings is 1. The normalized spacial score (nSPS) is 22.0. The highest BCUT2D eigenvalue weighted by molar-refractivity contribution is 5.88. The Labute approximate surface area is 191 Å². The number of hydrogen-bond donors (Lipinski definition) is 1. The van der Waals surface area contributed by atoms with Gasteiger partial charge in [0.25, 0.3) is 0 Å². The third-order valence-corrected chi connectivity index (χ3v) is 6.64. The number of benzene rings is 2. The number of halogens is 1. The molecule has 6 nitrogen and oxygen atoms in total. The van der Waals surface area contributed by atoms with Crippen molar-refractivity contribution in [2.45, 2.75) is 24.4 Å². The zero-order valence-electron chi connectivity index (χ0n) is 18.0. The minimum Gasteiger partial charge on any atom is -0.394 e. The van der Waals surface area contributed by atoms with Crippen LogP contribution in [0.4, 0.5) is 4.39 Å². The van der Waals surface area contributed by atoms with Crippen molar-refractivity contribution in [2.75, 3.05) is 19.7 Å². The largest absolute Gasteiger partial charge is 0.394 e. The zero-order chi connectivity index (χ0) is 22.9. The van der Waals surface area contributed by atoms with Crippen molar-refractivity contribution < 1.29 is 19.1 Å². The van der Waals surface area contributed by atoms with E-state index in [-0.39, 0.29) is 55.2 Å². The van der Waals surface area contributed by atoms with E-state index in [9.17, 15) is 19.1 Å². The SMILES string of the molecule is O=C(Cc1ccccn1)N1CC(=O)N2[C@H](CO)[C@H](c3ccc(-c4ccc(F)cc4)cc3)[C@H]2C1. The minimum atomic E-state index is -0.299. The van der Waals surface area contributed by atoms with E-state index in [1.807, 2.05) is 30.3 Å². The van der Waals surface area contributed by atoms with Crippen LogP contribution in [0.3, 0.4) is 0 Å². The number of carbonyl (C=O) groups is 2. The highest BCUT2D eigenvalue weighted by atomic mass is 19.1. The Balaban J connectivity index is 1.34. The second-order valence-electron chi connectivity index (χ2n) is 8.55. The first kappa shape index (κ1) is 21.3. The Morgan fingerprint density at radius 3 is 2.36 bits per heavy atom. The predicted molar refractivity (Wildman–Crippen MR) is 121 cm³/mol. The van der Waals surface area contributed by atoms with Gasteiger partial charge in [-0.1, -0.05) is 42.5 Å². The smallest absolute Gasteiger partial charge is 0.242 e. The van der Waals surface area contributed by atoms with Crippen molar-refractivity contribution in [2.24, 2.45) is 0 Å². The van der Waals surface area contributed by atoms with E-state index >= 15 is 0 Å². The van der Waals surface area contributed by atoms with Crippen LogP contribution >= 0.6 is 0 Å². The van der Waals surface area contributed by atoms with E-state index in [2.05, 4.69) is 4.98 Å². The lowest BCUT2D eigenvalue weighted by atomic mass is 9.73. The molecule has 168 valence electrons. The van der Waals surface area contributed by atoms with Gasteiger partial charge in [0.15, 0.2) is 0 Å². The Hall–Kier alpha value is -3.58. The number of aliphatic hydroxyl groups excluding tert-OH is 1. The molecule has 0 radical (unpaired) electrons. The van der Waals surface area contributed by atoms with E-state index in [0.717, 1.165) is 16.7 Å². The van der Waals surface area contributed by atoms with Gasteiger partial charge in [-0.05, 0) is 41.0 Å². The number of rotatable bonds is 5. The number of nitrogens with zero attached hydrogens (tertiary/aromatic N) is 3. The number of aliphatic hydroxyl groups is 1. The molecule has 2 aliphatic heterocycles. The number of fused-ring (bicyclic) bond motifs is 1.